The van der Waals surface area contributed by atoms with E-state index >= 15 is 0 Å². The normalized spacial score (nSPS) is 10.7. The van der Waals surface area contributed by atoms with E-state index in [1.807, 2.05) is 24.4 Å². The van der Waals surface area contributed by atoms with Crippen molar-refractivity contribution in [2.24, 2.45) is 0 Å². The van der Waals surface area contributed by atoms with Crippen molar-refractivity contribution in [1.82, 2.24) is 9.97 Å². The number of aromatic nitrogens is 2. The van der Waals surface area contributed by atoms with Crippen molar-refractivity contribution in [2.75, 3.05) is 11.9 Å². The Morgan fingerprint density at radius 2 is 2.10 bits per heavy atom. The van der Waals surface area contributed by atoms with Crippen LogP contribution in [0.5, 0.6) is 0 Å². The average Bonchev–Trinajstić information content (AvgIpc) is 2.91. The fourth-order valence-electron chi connectivity index (χ4n) is 2.37. The molecule has 0 saturated heterocycles. The Morgan fingerprint density at radius 3 is 2.95 bits per heavy atom. The molecule has 2 heterocycles. The number of nitrogens with one attached hydrogen (secondary N) is 2. The topological polar surface area (TPSA) is 78.0 Å². The molecule has 0 fully saturated rings. The van der Waals surface area contributed by atoms with Crippen LogP contribution in [0.2, 0.25) is 0 Å². The summed E-state index contributed by atoms with van der Waals surface area (Å²) < 4.78 is 0. The lowest BCUT2D eigenvalue weighted by atomic mass is 10.1. The van der Waals surface area contributed by atoms with E-state index in [4.69, 9.17) is 5.11 Å². The van der Waals surface area contributed by atoms with Crippen LogP contribution in [-0.4, -0.2) is 27.6 Å². The van der Waals surface area contributed by atoms with Gasteiger partial charge in [0.15, 0.2) is 0 Å². The van der Waals surface area contributed by atoms with Gasteiger partial charge in [-0.3, -0.25) is 0 Å². The number of para-hydroxylation sites is 1. The van der Waals surface area contributed by atoms with Crippen LogP contribution in [0.1, 0.15) is 15.9 Å². The number of pyridine rings is 1. The number of H-pyrrole nitrogens is 1. The Kier molecular flexibility index (Phi) is 3.55. The first-order valence-electron chi connectivity index (χ1n) is 6.73. The summed E-state index contributed by atoms with van der Waals surface area (Å²) in [5, 5.41) is 13.4. The Balaban J connectivity index is 1.71. The SMILES string of the molecule is O=C(O)c1cccnc1NCCc1c[nH]c2ccccc12. The molecule has 0 aliphatic rings. The maximum absolute atomic E-state index is 11.1. The van der Waals surface area contributed by atoms with Gasteiger partial charge in [-0.2, -0.15) is 0 Å². The van der Waals surface area contributed by atoms with E-state index in [0.717, 1.165) is 11.9 Å². The lowest BCUT2D eigenvalue weighted by Gasteiger charge is -2.07. The van der Waals surface area contributed by atoms with Gasteiger partial charge in [0, 0.05) is 29.8 Å². The van der Waals surface area contributed by atoms with Crippen LogP contribution in [0, 0.1) is 0 Å². The minimum atomic E-state index is -0.974. The van der Waals surface area contributed by atoms with Crippen LogP contribution < -0.4 is 5.32 Å². The molecule has 21 heavy (non-hydrogen) atoms. The van der Waals surface area contributed by atoms with E-state index in [1.165, 1.54) is 10.9 Å². The summed E-state index contributed by atoms with van der Waals surface area (Å²) in [6.07, 6.45) is 4.36. The number of anilines is 1. The molecule has 5 nitrogen and oxygen atoms in total. The summed E-state index contributed by atoms with van der Waals surface area (Å²) in [5.41, 5.74) is 2.50. The third-order valence-corrected chi connectivity index (χ3v) is 3.40. The molecule has 3 N–H and O–H groups in total. The Labute approximate surface area is 121 Å². The molecule has 0 spiro atoms. The molecule has 106 valence electrons. The van der Waals surface area contributed by atoms with E-state index in [2.05, 4.69) is 21.4 Å². The summed E-state index contributed by atoms with van der Waals surface area (Å²) in [4.78, 5) is 18.4. The molecule has 0 atom stereocenters. The van der Waals surface area contributed by atoms with Gasteiger partial charge in [0.25, 0.3) is 0 Å². The van der Waals surface area contributed by atoms with E-state index in [1.54, 1.807) is 18.3 Å². The second-order valence-corrected chi connectivity index (χ2v) is 4.74. The van der Waals surface area contributed by atoms with Crippen LogP contribution in [0.4, 0.5) is 5.82 Å². The molecule has 2 aromatic heterocycles. The number of carboxylic acids is 1. The van der Waals surface area contributed by atoms with E-state index in [0.29, 0.717) is 12.4 Å². The molecule has 5 heteroatoms. The molecular formula is C16H15N3O2. The van der Waals surface area contributed by atoms with Crippen molar-refractivity contribution in [1.29, 1.82) is 0 Å². The molecule has 0 aliphatic carbocycles. The summed E-state index contributed by atoms with van der Waals surface area (Å²) >= 11 is 0. The molecule has 0 saturated carbocycles. The van der Waals surface area contributed by atoms with Crippen molar-refractivity contribution >= 4 is 22.7 Å². The number of nitrogens with zero attached hydrogens (tertiary/aromatic N) is 1. The number of hydrogen-bond acceptors (Lipinski definition) is 3. The fraction of sp³-hybridized carbons (Fsp3) is 0.125. The lowest BCUT2D eigenvalue weighted by Crippen LogP contribution is -2.10. The summed E-state index contributed by atoms with van der Waals surface area (Å²) in [5.74, 6) is -0.567. The predicted molar refractivity (Wildman–Crippen MR) is 81.7 cm³/mol. The monoisotopic (exact) mass is 281 g/mol. The van der Waals surface area contributed by atoms with Crippen molar-refractivity contribution < 1.29 is 9.90 Å². The predicted octanol–water partition coefficient (Wildman–Crippen LogP) is 2.92. The first-order chi connectivity index (χ1) is 10.3. The maximum atomic E-state index is 11.1. The van der Waals surface area contributed by atoms with Gasteiger partial charge < -0.3 is 15.4 Å². The highest BCUT2D eigenvalue weighted by atomic mass is 16.4. The number of hydrogen-bond donors (Lipinski definition) is 3. The fourth-order valence-corrected chi connectivity index (χ4v) is 2.37. The molecule has 1 aromatic carbocycles. The summed E-state index contributed by atoms with van der Waals surface area (Å²) in [6.45, 7) is 0.624. The minimum Gasteiger partial charge on any atom is -0.478 e. The van der Waals surface area contributed by atoms with Crippen LogP contribution in [0.15, 0.2) is 48.8 Å². The number of carbonyl (C=O) groups is 1. The molecule has 0 amide bonds. The van der Waals surface area contributed by atoms with E-state index < -0.39 is 5.97 Å². The van der Waals surface area contributed by atoms with Crippen molar-refractivity contribution in [2.45, 2.75) is 6.42 Å². The summed E-state index contributed by atoms with van der Waals surface area (Å²) in [7, 11) is 0. The zero-order valence-corrected chi connectivity index (χ0v) is 11.3. The van der Waals surface area contributed by atoms with Gasteiger partial charge in [-0.05, 0) is 30.2 Å². The first kappa shape index (κ1) is 13.2. The molecule has 0 unspecified atom stereocenters. The van der Waals surface area contributed by atoms with Gasteiger partial charge in [0.05, 0.1) is 0 Å². The Bertz CT molecular complexity index is 780. The number of fused-ring (bicyclic) bond motifs is 1. The Hall–Kier alpha value is -2.82. The molecule has 3 aromatic rings. The highest BCUT2D eigenvalue weighted by Crippen LogP contribution is 2.18. The molecule has 0 bridgehead atoms. The number of rotatable bonds is 5. The molecule has 0 radical (unpaired) electrons. The van der Waals surface area contributed by atoms with Crippen LogP contribution in [0.3, 0.4) is 0 Å². The number of aromatic carboxylic acids is 1. The minimum absolute atomic E-state index is 0.191. The van der Waals surface area contributed by atoms with Gasteiger partial charge in [-0.25, -0.2) is 9.78 Å². The van der Waals surface area contributed by atoms with Gasteiger partial charge in [0.2, 0.25) is 0 Å². The third-order valence-electron chi connectivity index (χ3n) is 3.40. The largest absolute Gasteiger partial charge is 0.478 e. The molecular weight excluding hydrogens is 266 g/mol. The van der Waals surface area contributed by atoms with E-state index in [9.17, 15) is 4.79 Å². The molecule has 3 rings (SSSR count). The van der Waals surface area contributed by atoms with Crippen molar-refractivity contribution in [3.05, 3.63) is 59.9 Å². The van der Waals surface area contributed by atoms with Gasteiger partial charge in [-0.15, -0.1) is 0 Å². The van der Waals surface area contributed by atoms with Crippen molar-refractivity contribution in [3.63, 3.8) is 0 Å². The van der Waals surface area contributed by atoms with Gasteiger partial charge in [0.1, 0.15) is 11.4 Å². The molecule has 0 aliphatic heterocycles. The highest BCUT2D eigenvalue weighted by molar-refractivity contribution is 5.93. The second-order valence-electron chi connectivity index (χ2n) is 4.74. The summed E-state index contributed by atoms with van der Waals surface area (Å²) in [6, 6.07) is 11.3. The number of benzene rings is 1. The number of carboxylic acid groups (broad SMARTS) is 1. The van der Waals surface area contributed by atoms with Crippen LogP contribution in [0.25, 0.3) is 10.9 Å². The highest BCUT2D eigenvalue weighted by Gasteiger charge is 2.10. The number of aromatic amines is 1. The van der Waals surface area contributed by atoms with Crippen molar-refractivity contribution in [3.8, 4) is 0 Å². The average molecular weight is 281 g/mol. The lowest BCUT2D eigenvalue weighted by molar-refractivity contribution is 0.0697. The first-order valence-corrected chi connectivity index (χ1v) is 6.73. The van der Waals surface area contributed by atoms with Gasteiger partial charge in [-0.1, -0.05) is 18.2 Å². The van der Waals surface area contributed by atoms with Crippen LogP contribution >= 0.6 is 0 Å². The zero-order chi connectivity index (χ0) is 14.7. The zero-order valence-electron chi connectivity index (χ0n) is 11.3. The third kappa shape index (κ3) is 2.72. The maximum Gasteiger partial charge on any atom is 0.339 e. The van der Waals surface area contributed by atoms with E-state index in [-0.39, 0.29) is 5.56 Å². The van der Waals surface area contributed by atoms with Gasteiger partial charge >= 0.3 is 5.97 Å². The quantitative estimate of drug-likeness (QED) is 0.672. The van der Waals surface area contributed by atoms with Crippen LogP contribution in [-0.2, 0) is 6.42 Å². The Morgan fingerprint density at radius 1 is 1.24 bits per heavy atom. The smallest absolute Gasteiger partial charge is 0.339 e. The standard InChI is InChI=1S/C16H15N3O2/c20-16(21)13-5-3-8-17-15(13)18-9-7-11-10-19-14-6-2-1-4-12(11)14/h1-6,8,10,19H,7,9H2,(H,17,18)(H,20,21). The second kappa shape index (κ2) is 5.66.